The van der Waals surface area contributed by atoms with Crippen molar-refractivity contribution >= 4 is 34.2 Å². The van der Waals surface area contributed by atoms with Crippen LogP contribution < -0.4 is 5.32 Å². The molecule has 1 aromatic carbocycles. The van der Waals surface area contributed by atoms with Gasteiger partial charge >= 0.3 is 0 Å². The molecule has 0 aliphatic carbocycles. The van der Waals surface area contributed by atoms with Crippen molar-refractivity contribution in [2.24, 2.45) is 11.8 Å². The molecular formula is C19H23BrClN3O. The number of amides is 1. The third kappa shape index (κ3) is 3.25. The molecule has 3 heterocycles. The summed E-state index contributed by atoms with van der Waals surface area (Å²) >= 11 is 3.53. The molecule has 2 aliphatic heterocycles. The van der Waals surface area contributed by atoms with Crippen LogP contribution in [0.25, 0.3) is 5.69 Å². The third-order valence-corrected chi connectivity index (χ3v) is 5.90. The van der Waals surface area contributed by atoms with Gasteiger partial charge in [-0.3, -0.25) is 4.79 Å². The van der Waals surface area contributed by atoms with E-state index in [0.29, 0.717) is 11.8 Å². The van der Waals surface area contributed by atoms with Crippen LogP contribution in [0.15, 0.2) is 34.8 Å². The summed E-state index contributed by atoms with van der Waals surface area (Å²) in [5.74, 6) is 1.43. The Bertz CT molecular complexity index is 792. The van der Waals surface area contributed by atoms with Gasteiger partial charge in [-0.2, -0.15) is 0 Å². The molecule has 0 bridgehead atoms. The zero-order valence-electron chi connectivity index (χ0n) is 14.5. The van der Waals surface area contributed by atoms with Crippen LogP contribution >= 0.6 is 28.3 Å². The van der Waals surface area contributed by atoms with Crippen LogP contribution in [0, 0.1) is 25.7 Å². The number of aromatic nitrogens is 1. The second-order valence-electron chi connectivity index (χ2n) is 6.99. The number of nitrogens with one attached hydrogen (secondary N) is 1. The number of rotatable bonds is 2. The Labute approximate surface area is 163 Å². The van der Waals surface area contributed by atoms with Gasteiger partial charge in [0.25, 0.3) is 5.91 Å². The van der Waals surface area contributed by atoms with Crippen molar-refractivity contribution in [2.45, 2.75) is 13.8 Å². The first-order valence-corrected chi connectivity index (χ1v) is 9.29. The minimum atomic E-state index is 0. The lowest BCUT2D eigenvalue weighted by molar-refractivity contribution is 0.0781. The number of carbonyl (C=O) groups excluding carboxylic acids is 1. The largest absolute Gasteiger partial charge is 0.338 e. The van der Waals surface area contributed by atoms with Gasteiger partial charge in [-0.25, -0.2) is 0 Å². The number of halogens is 2. The number of carbonyl (C=O) groups is 1. The van der Waals surface area contributed by atoms with Crippen molar-refractivity contribution in [3.63, 3.8) is 0 Å². The number of nitrogens with zero attached hydrogens (tertiary/aromatic N) is 2. The zero-order valence-corrected chi connectivity index (χ0v) is 16.9. The smallest absolute Gasteiger partial charge is 0.255 e. The van der Waals surface area contributed by atoms with E-state index in [9.17, 15) is 4.79 Å². The lowest BCUT2D eigenvalue weighted by Gasteiger charge is -2.18. The number of hydrogen-bond acceptors (Lipinski definition) is 2. The molecule has 1 amide bonds. The van der Waals surface area contributed by atoms with E-state index in [1.807, 2.05) is 30.0 Å². The Morgan fingerprint density at radius 3 is 2.48 bits per heavy atom. The fraction of sp³-hybridized carbons (Fsp3) is 0.421. The van der Waals surface area contributed by atoms with E-state index in [4.69, 9.17) is 0 Å². The molecule has 6 heteroatoms. The Hall–Kier alpha value is -1.30. The molecule has 4 rings (SSSR count). The van der Waals surface area contributed by atoms with Crippen LogP contribution in [-0.4, -0.2) is 41.6 Å². The van der Waals surface area contributed by atoms with Gasteiger partial charge in [0.05, 0.1) is 5.56 Å². The highest BCUT2D eigenvalue weighted by Crippen LogP contribution is 2.29. The fourth-order valence-corrected chi connectivity index (χ4v) is 4.57. The molecule has 2 saturated heterocycles. The zero-order chi connectivity index (χ0) is 16.8. The van der Waals surface area contributed by atoms with E-state index in [0.717, 1.165) is 53.3 Å². The lowest BCUT2D eigenvalue weighted by Crippen LogP contribution is -2.32. The van der Waals surface area contributed by atoms with Crippen molar-refractivity contribution in [3.8, 4) is 5.69 Å². The van der Waals surface area contributed by atoms with Crippen LogP contribution in [0.2, 0.25) is 0 Å². The van der Waals surface area contributed by atoms with Crippen molar-refractivity contribution in [1.29, 1.82) is 0 Å². The van der Waals surface area contributed by atoms with Crippen LogP contribution in [0.5, 0.6) is 0 Å². The second-order valence-corrected chi connectivity index (χ2v) is 7.90. The maximum absolute atomic E-state index is 13.0. The molecule has 0 unspecified atom stereocenters. The van der Waals surface area contributed by atoms with Crippen molar-refractivity contribution < 1.29 is 4.79 Å². The predicted molar refractivity (Wildman–Crippen MR) is 106 cm³/mol. The van der Waals surface area contributed by atoms with Gasteiger partial charge in [0.2, 0.25) is 0 Å². The Kier molecular flexibility index (Phi) is 5.28. The highest BCUT2D eigenvalue weighted by atomic mass is 79.9. The van der Waals surface area contributed by atoms with E-state index < -0.39 is 0 Å². The number of fused-ring (bicyclic) bond motifs is 1. The molecule has 25 heavy (non-hydrogen) atoms. The normalized spacial score (nSPS) is 22.0. The van der Waals surface area contributed by atoms with E-state index in [-0.39, 0.29) is 18.3 Å². The average molecular weight is 425 g/mol. The summed E-state index contributed by atoms with van der Waals surface area (Å²) in [6, 6.07) is 10.2. The maximum Gasteiger partial charge on any atom is 0.255 e. The summed E-state index contributed by atoms with van der Waals surface area (Å²) in [6.07, 6.45) is 0. The van der Waals surface area contributed by atoms with E-state index in [1.165, 1.54) is 0 Å². The molecule has 1 aromatic heterocycles. The van der Waals surface area contributed by atoms with Gasteiger partial charge in [-0.05, 0) is 49.9 Å². The molecule has 4 nitrogen and oxygen atoms in total. The van der Waals surface area contributed by atoms with Gasteiger partial charge in [0.1, 0.15) is 0 Å². The number of aryl methyl sites for hydroxylation is 1. The molecule has 2 atom stereocenters. The standard InChI is InChI=1S/C19H22BrN3O.ClH/c1-12-6-18(13(2)23(12)17-5-3-4-16(20)7-17)19(24)22-10-14-8-21-9-15(14)11-22;/h3-7,14-15,21H,8-11H2,1-2H3;1H/t14-,15+;. The van der Waals surface area contributed by atoms with Crippen LogP contribution in [0.4, 0.5) is 0 Å². The monoisotopic (exact) mass is 423 g/mol. The second kappa shape index (κ2) is 7.14. The Balaban J connectivity index is 0.00000182. The minimum absolute atomic E-state index is 0. The van der Waals surface area contributed by atoms with Crippen LogP contribution in [-0.2, 0) is 0 Å². The maximum atomic E-state index is 13.0. The summed E-state index contributed by atoms with van der Waals surface area (Å²) in [5, 5.41) is 3.43. The molecule has 2 aliphatic rings. The number of hydrogen-bond donors (Lipinski definition) is 1. The Morgan fingerprint density at radius 2 is 1.84 bits per heavy atom. The first kappa shape index (κ1) is 18.5. The summed E-state index contributed by atoms with van der Waals surface area (Å²) in [5.41, 5.74) is 4.03. The van der Waals surface area contributed by atoms with Crippen LogP contribution in [0.1, 0.15) is 21.7 Å². The SMILES string of the molecule is Cc1cc(C(=O)N2C[C@H]3CNC[C@H]3C2)c(C)n1-c1cccc(Br)c1.Cl. The third-order valence-electron chi connectivity index (χ3n) is 5.40. The molecule has 1 N–H and O–H groups in total. The van der Waals surface area contributed by atoms with Gasteiger partial charge in [0, 0.05) is 47.7 Å². The molecule has 134 valence electrons. The summed E-state index contributed by atoms with van der Waals surface area (Å²) in [7, 11) is 0. The topological polar surface area (TPSA) is 37.3 Å². The van der Waals surface area contributed by atoms with Gasteiger partial charge in [0.15, 0.2) is 0 Å². The molecule has 2 fully saturated rings. The fourth-order valence-electron chi connectivity index (χ4n) is 4.18. The van der Waals surface area contributed by atoms with E-state index in [2.05, 4.69) is 44.9 Å². The summed E-state index contributed by atoms with van der Waals surface area (Å²) in [4.78, 5) is 15.1. The number of likely N-dealkylation sites (tertiary alicyclic amines) is 1. The molecule has 0 saturated carbocycles. The van der Waals surface area contributed by atoms with Crippen molar-refractivity contribution in [2.75, 3.05) is 26.2 Å². The van der Waals surface area contributed by atoms with Crippen LogP contribution in [0.3, 0.4) is 0 Å². The number of benzene rings is 1. The van der Waals surface area contributed by atoms with Crippen molar-refractivity contribution in [1.82, 2.24) is 14.8 Å². The van der Waals surface area contributed by atoms with E-state index in [1.54, 1.807) is 0 Å². The first-order chi connectivity index (χ1) is 11.5. The van der Waals surface area contributed by atoms with Gasteiger partial charge in [-0.15, -0.1) is 12.4 Å². The molecular weight excluding hydrogens is 402 g/mol. The van der Waals surface area contributed by atoms with Gasteiger partial charge in [-0.1, -0.05) is 22.0 Å². The average Bonchev–Trinajstić information content (AvgIpc) is 3.20. The highest BCUT2D eigenvalue weighted by Gasteiger charge is 2.38. The summed E-state index contributed by atoms with van der Waals surface area (Å²) < 4.78 is 3.21. The predicted octanol–water partition coefficient (Wildman–Crippen LogP) is 3.57. The first-order valence-electron chi connectivity index (χ1n) is 8.49. The minimum Gasteiger partial charge on any atom is -0.338 e. The lowest BCUT2D eigenvalue weighted by atomic mass is 10.0. The van der Waals surface area contributed by atoms with Gasteiger partial charge < -0.3 is 14.8 Å². The molecule has 0 radical (unpaired) electrons. The summed E-state index contributed by atoms with van der Waals surface area (Å²) in [6.45, 7) is 7.97. The molecule has 2 aromatic rings. The van der Waals surface area contributed by atoms with Crippen molar-refractivity contribution in [3.05, 3.63) is 51.8 Å². The Morgan fingerprint density at radius 1 is 1.16 bits per heavy atom. The highest BCUT2D eigenvalue weighted by molar-refractivity contribution is 9.10. The quantitative estimate of drug-likeness (QED) is 0.800. The molecule has 0 spiro atoms. The van der Waals surface area contributed by atoms with E-state index >= 15 is 0 Å².